The predicted molar refractivity (Wildman–Crippen MR) is 378 cm³/mol. The fraction of sp³-hybridized carbons (Fsp3) is 0.186. The van der Waals surface area contributed by atoms with Crippen molar-refractivity contribution in [2.45, 2.75) is 79.1 Å². The van der Waals surface area contributed by atoms with Crippen molar-refractivity contribution in [1.82, 2.24) is 0 Å². The molecule has 0 amide bonds. The maximum Gasteiger partial charge on any atom is 0.119 e. The highest BCUT2D eigenvalue weighted by atomic mass is 16.5. The van der Waals surface area contributed by atoms with Crippen LogP contribution in [0.2, 0.25) is 0 Å². The van der Waals surface area contributed by atoms with E-state index in [1.807, 2.05) is 0 Å². The molecule has 88 heavy (non-hydrogen) atoms. The summed E-state index contributed by atoms with van der Waals surface area (Å²) in [6.45, 7) is 10.6. The smallest absolute Gasteiger partial charge is 0.119 e. The fourth-order valence-electron chi connectivity index (χ4n) is 12.0. The Balaban J connectivity index is 0.795. The van der Waals surface area contributed by atoms with Gasteiger partial charge in [-0.3, -0.25) is 0 Å². The molecular weight excluding hydrogens is 1060 g/mol. The van der Waals surface area contributed by atoms with Crippen molar-refractivity contribution >= 4 is 24.3 Å². The molecule has 2 unspecified atom stereocenters. The zero-order chi connectivity index (χ0) is 60.3. The molecule has 438 valence electrons. The van der Waals surface area contributed by atoms with Gasteiger partial charge >= 0.3 is 0 Å². The standard InChI is InChI=1S/C86H82O2/c1-5-9-23-63(7-3)61-87-79-53-49-75(50-54-79)85-81(71-25-15-11-16-26-71)57-77(58-82(85)72-27-17-12-18-28-72)69-45-41-67(42-46-69)39-37-65-33-35-66(36-34-65)38-40-68-43-47-70(48-44-68)78-59-83(73-29-19-13-20-30-73)86(84(60-78)74-31-21-14-22-32-74)76-51-55-80(56-52-76)88-62-64(8-4)24-10-6-2/h11-22,25-60,63-64H,5-10,23-24,61-62H2,1-4H3/b39-37+,40-38+. The third-order valence-electron chi connectivity index (χ3n) is 17.3. The minimum atomic E-state index is 0.579. The van der Waals surface area contributed by atoms with Crippen molar-refractivity contribution in [2.24, 2.45) is 11.8 Å². The van der Waals surface area contributed by atoms with Crippen LogP contribution in [0, 0.1) is 11.8 Å². The number of hydrogen-bond donors (Lipinski definition) is 0. The number of benzene rings is 11. The molecule has 0 saturated carbocycles. The average molecular weight is 1150 g/mol. The van der Waals surface area contributed by atoms with E-state index in [0.29, 0.717) is 11.8 Å². The monoisotopic (exact) mass is 1150 g/mol. The maximum atomic E-state index is 6.38. The van der Waals surface area contributed by atoms with Crippen LogP contribution in [0.4, 0.5) is 0 Å². The van der Waals surface area contributed by atoms with Gasteiger partial charge in [0, 0.05) is 0 Å². The molecule has 11 rings (SSSR count). The minimum Gasteiger partial charge on any atom is -0.493 e. The summed E-state index contributed by atoms with van der Waals surface area (Å²) < 4.78 is 12.8. The molecule has 0 bridgehead atoms. The molecule has 2 nitrogen and oxygen atoms in total. The third-order valence-corrected chi connectivity index (χ3v) is 17.3. The van der Waals surface area contributed by atoms with Crippen molar-refractivity contribution in [2.75, 3.05) is 13.2 Å². The Morgan fingerprint density at radius 3 is 0.795 bits per heavy atom. The quantitative estimate of drug-likeness (QED) is 0.0503. The van der Waals surface area contributed by atoms with Crippen molar-refractivity contribution in [3.63, 3.8) is 0 Å². The molecule has 0 aromatic heterocycles. The highest BCUT2D eigenvalue weighted by molar-refractivity contribution is 5.99. The van der Waals surface area contributed by atoms with E-state index in [4.69, 9.17) is 9.47 Å². The molecular formula is C86H82O2. The van der Waals surface area contributed by atoms with E-state index in [0.717, 1.165) is 59.8 Å². The normalized spacial score (nSPS) is 12.1. The second-order valence-electron chi connectivity index (χ2n) is 23.4. The van der Waals surface area contributed by atoms with Gasteiger partial charge < -0.3 is 9.47 Å². The van der Waals surface area contributed by atoms with Crippen LogP contribution in [-0.4, -0.2) is 13.2 Å². The van der Waals surface area contributed by atoms with Crippen molar-refractivity contribution < 1.29 is 9.47 Å². The first-order valence-corrected chi connectivity index (χ1v) is 32.1. The molecule has 0 saturated heterocycles. The lowest BCUT2D eigenvalue weighted by Gasteiger charge is -2.20. The van der Waals surface area contributed by atoms with Gasteiger partial charge in [-0.1, -0.05) is 309 Å². The minimum absolute atomic E-state index is 0.579. The Labute approximate surface area is 524 Å². The van der Waals surface area contributed by atoms with Gasteiger partial charge in [0.05, 0.1) is 13.2 Å². The third kappa shape index (κ3) is 15.4. The largest absolute Gasteiger partial charge is 0.493 e. The zero-order valence-corrected chi connectivity index (χ0v) is 51.8. The Morgan fingerprint density at radius 2 is 0.534 bits per heavy atom. The number of ether oxygens (including phenoxy) is 2. The molecule has 0 aliphatic carbocycles. The second-order valence-corrected chi connectivity index (χ2v) is 23.4. The summed E-state index contributed by atoms with van der Waals surface area (Å²) in [4.78, 5) is 0. The van der Waals surface area contributed by atoms with E-state index in [1.54, 1.807) is 0 Å². The fourth-order valence-corrected chi connectivity index (χ4v) is 12.0. The van der Waals surface area contributed by atoms with Crippen LogP contribution in [-0.2, 0) is 0 Å². The van der Waals surface area contributed by atoms with Gasteiger partial charge in [-0.25, -0.2) is 0 Å². The summed E-state index contributed by atoms with van der Waals surface area (Å²) in [5, 5.41) is 0. The van der Waals surface area contributed by atoms with Crippen LogP contribution in [0.5, 0.6) is 11.5 Å². The molecule has 2 heteroatoms. The number of hydrogen-bond acceptors (Lipinski definition) is 2. The average Bonchev–Trinajstić information content (AvgIpc) is 1.84. The summed E-state index contributed by atoms with van der Waals surface area (Å²) in [5.41, 5.74) is 23.6. The van der Waals surface area contributed by atoms with Gasteiger partial charge in [0.15, 0.2) is 0 Å². The first-order valence-electron chi connectivity index (χ1n) is 32.1. The summed E-state index contributed by atoms with van der Waals surface area (Å²) >= 11 is 0. The lowest BCUT2D eigenvalue weighted by molar-refractivity contribution is 0.233. The number of rotatable bonds is 26. The molecule has 0 aliphatic rings. The maximum absolute atomic E-state index is 6.38. The molecule has 0 radical (unpaired) electrons. The zero-order valence-electron chi connectivity index (χ0n) is 51.8. The summed E-state index contributed by atoms with van der Waals surface area (Å²) in [7, 11) is 0. The van der Waals surface area contributed by atoms with Gasteiger partial charge in [0.1, 0.15) is 11.5 Å². The SMILES string of the molecule is CCCCC(CC)COc1ccc(-c2c(-c3ccccc3)cc(-c3ccc(/C=C/c4ccc(/C=C/c5ccc(-c6cc(-c7ccccc7)c(-c7ccc(OCC(CC)CCCC)cc7)c(-c7ccccc7)c6)cc5)cc4)cc3)cc2-c2ccccc2)cc1. The molecule has 0 aliphatic heterocycles. The van der Waals surface area contributed by atoms with E-state index >= 15 is 0 Å². The Kier molecular flexibility index (Phi) is 20.7. The Bertz CT molecular complexity index is 3610. The molecule has 0 heterocycles. The van der Waals surface area contributed by atoms with Crippen molar-refractivity contribution in [3.8, 4) is 101 Å². The summed E-state index contributed by atoms with van der Waals surface area (Å²) in [5.74, 6) is 3.01. The lowest BCUT2D eigenvalue weighted by atomic mass is 9.84. The van der Waals surface area contributed by atoms with Gasteiger partial charge in [-0.2, -0.15) is 0 Å². The van der Waals surface area contributed by atoms with Crippen LogP contribution >= 0.6 is 0 Å². The van der Waals surface area contributed by atoms with Gasteiger partial charge in [0.2, 0.25) is 0 Å². The van der Waals surface area contributed by atoms with E-state index in [2.05, 4.69) is 319 Å². The van der Waals surface area contributed by atoms with Crippen LogP contribution in [0.1, 0.15) is 101 Å². The molecule has 0 fully saturated rings. The molecule has 0 spiro atoms. The van der Waals surface area contributed by atoms with Gasteiger partial charge in [-0.15, -0.1) is 0 Å². The van der Waals surface area contributed by atoms with Crippen molar-refractivity contribution in [1.29, 1.82) is 0 Å². The predicted octanol–water partition coefficient (Wildman–Crippen LogP) is 24.6. The molecule has 11 aromatic carbocycles. The van der Waals surface area contributed by atoms with E-state index in [9.17, 15) is 0 Å². The summed E-state index contributed by atoms with van der Waals surface area (Å²) in [6, 6.07) is 96.9. The first kappa shape index (κ1) is 60.2. The first-order chi connectivity index (χ1) is 43.4. The lowest BCUT2D eigenvalue weighted by Crippen LogP contribution is -2.11. The van der Waals surface area contributed by atoms with Crippen LogP contribution in [0.15, 0.2) is 267 Å². The van der Waals surface area contributed by atoms with Gasteiger partial charge in [0.25, 0.3) is 0 Å². The van der Waals surface area contributed by atoms with E-state index < -0.39 is 0 Å². The van der Waals surface area contributed by atoms with Crippen LogP contribution < -0.4 is 9.47 Å². The second kappa shape index (κ2) is 30.2. The molecule has 0 N–H and O–H groups in total. The highest BCUT2D eigenvalue weighted by Crippen LogP contribution is 2.46. The summed E-state index contributed by atoms with van der Waals surface area (Å²) in [6.07, 6.45) is 18.4. The Hall–Kier alpha value is -9.50. The van der Waals surface area contributed by atoms with E-state index in [-0.39, 0.29) is 0 Å². The topological polar surface area (TPSA) is 18.5 Å². The van der Waals surface area contributed by atoms with Crippen LogP contribution in [0.3, 0.4) is 0 Å². The van der Waals surface area contributed by atoms with Crippen molar-refractivity contribution in [3.05, 3.63) is 289 Å². The molecule has 11 aromatic rings. The van der Waals surface area contributed by atoms with Crippen LogP contribution in [0.25, 0.3) is 113 Å². The molecule has 2 atom stereocenters. The highest BCUT2D eigenvalue weighted by Gasteiger charge is 2.20. The Morgan fingerprint density at radius 1 is 0.273 bits per heavy atom. The van der Waals surface area contributed by atoms with Gasteiger partial charge in [-0.05, 0) is 184 Å². The van der Waals surface area contributed by atoms with E-state index in [1.165, 1.54) is 128 Å². The number of unbranched alkanes of at least 4 members (excludes halogenated alkanes) is 2.